The summed E-state index contributed by atoms with van der Waals surface area (Å²) in [6.45, 7) is 1.68. The van der Waals surface area contributed by atoms with E-state index in [0.29, 0.717) is 32.2 Å². The zero-order valence-electron chi connectivity index (χ0n) is 18.4. The normalized spacial score (nSPS) is 19.7. The van der Waals surface area contributed by atoms with Crippen molar-refractivity contribution in [3.63, 3.8) is 0 Å². The molecule has 2 amide bonds. The highest BCUT2D eigenvalue weighted by atomic mass is 32.2. The molecule has 9 nitrogen and oxygen atoms in total. The van der Waals surface area contributed by atoms with Crippen LogP contribution in [0.2, 0.25) is 0 Å². The number of halogens is 3. The third-order valence-corrected chi connectivity index (χ3v) is 7.31. The summed E-state index contributed by atoms with van der Waals surface area (Å²) < 4.78 is 68.5. The third kappa shape index (κ3) is 6.38. The number of nitrogens with zero attached hydrogens (tertiary/aromatic N) is 2. The number of alkyl halides is 3. The van der Waals surface area contributed by atoms with E-state index in [9.17, 15) is 31.2 Å². The second-order valence-corrected chi connectivity index (χ2v) is 10.4. The molecule has 1 saturated carbocycles. The van der Waals surface area contributed by atoms with Gasteiger partial charge in [0.1, 0.15) is 11.3 Å². The highest BCUT2D eigenvalue weighted by molar-refractivity contribution is 7.89. The quantitative estimate of drug-likeness (QED) is 0.558. The summed E-state index contributed by atoms with van der Waals surface area (Å²) in [6, 6.07) is 5.27. The molecular weight excluding hydrogens is 477 g/mol. The Morgan fingerprint density at radius 1 is 1.32 bits per heavy atom. The van der Waals surface area contributed by atoms with Crippen LogP contribution in [-0.4, -0.2) is 55.9 Å². The van der Waals surface area contributed by atoms with Crippen molar-refractivity contribution < 1.29 is 35.9 Å². The maximum Gasteiger partial charge on any atom is 0.573 e. The van der Waals surface area contributed by atoms with Crippen molar-refractivity contribution in [1.29, 1.82) is 5.26 Å². The van der Waals surface area contributed by atoms with E-state index in [4.69, 9.17) is 5.26 Å². The maximum atomic E-state index is 13.0. The number of piperidine rings is 1. The number of hydrogen-bond donors (Lipinski definition) is 2. The van der Waals surface area contributed by atoms with Crippen LogP contribution in [0, 0.1) is 17.2 Å². The molecule has 0 spiro atoms. The first kappa shape index (κ1) is 25.8. The molecule has 34 heavy (non-hydrogen) atoms. The lowest BCUT2D eigenvalue weighted by Crippen LogP contribution is -2.54. The van der Waals surface area contributed by atoms with Crippen LogP contribution in [0.15, 0.2) is 18.2 Å². The number of nitrogens with one attached hydrogen (secondary N) is 2. The molecule has 1 heterocycles. The Kier molecular flexibility index (Phi) is 7.42. The molecule has 1 atom stereocenters. The van der Waals surface area contributed by atoms with Crippen LogP contribution in [0.3, 0.4) is 0 Å². The van der Waals surface area contributed by atoms with Crippen molar-refractivity contribution in [3.8, 4) is 11.8 Å². The molecule has 2 fully saturated rings. The van der Waals surface area contributed by atoms with Crippen molar-refractivity contribution >= 4 is 21.8 Å². The van der Waals surface area contributed by atoms with Crippen LogP contribution in [0.25, 0.3) is 0 Å². The fourth-order valence-electron chi connectivity index (χ4n) is 3.85. The van der Waals surface area contributed by atoms with Gasteiger partial charge in [-0.25, -0.2) is 8.42 Å². The summed E-state index contributed by atoms with van der Waals surface area (Å²) in [6.07, 6.45) is -3.18. The number of amides is 2. The van der Waals surface area contributed by atoms with Crippen LogP contribution in [-0.2, 0) is 26.2 Å². The van der Waals surface area contributed by atoms with Crippen molar-refractivity contribution in [1.82, 2.24) is 14.9 Å². The first-order valence-electron chi connectivity index (χ1n) is 10.8. The smallest absolute Gasteiger partial charge is 0.405 e. The minimum atomic E-state index is -4.96. The molecule has 1 saturated heterocycles. The molecule has 1 aromatic rings. The first-order valence-corrected chi connectivity index (χ1v) is 12.4. The fraction of sp³-hybridized carbons (Fsp3) is 0.571. The van der Waals surface area contributed by atoms with Crippen LogP contribution >= 0.6 is 0 Å². The Hall–Kier alpha value is -2.85. The molecule has 1 unspecified atom stereocenters. The van der Waals surface area contributed by atoms with Gasteiger partial charge in [0.25, 0.3) is 0 Å². The fourth-order valence-corrected chi connectivity index (χ4v) is 4.88. The molecule has 1 aliphatic heterocycles. The van der Waals surface area contributed by atoms with E-state index in [1.165, 1.54) is 24.0 Å². The van der Waals surface area contributed by atoms with E-state index in [0.717, 1.165) is 6.07 Å². The van der Waals surface area contributed by atoms with E-state index >= 15 is 0 Å². The molecule has 186 valence electrons. The molecule has 0 bridgehead atoms. The number of sulfonamides is 1. The van der Waals surface area contributed by atoms with Gasteiger partial charge in [-0.2, -0.15) is 9.98 Å². The Morgan fingerprint density at radius 3 is 2.62 bits per heavy atom. The molecule has 3 rings (SSSR count). The summed E-state index contributed by atoms with van der Waals surface area (Å²) in [5.41, 5.74) is -1.14. The van der Waals surface area contributed by atoms with Gasteiger partial charge in [-0.05, 0) is 44.7 Å². The largest absolute Gasteiger partial charge is 0.573 e. The molecular formula is C21H25F3N4O5S. The molecule has 1 aromatic carbocycles. The second-order valence-electron chi connectivity index (χ2n) is 8.38. The predicted molar refractivity (Wildman–Crippen MR) is 114 cm³/mol. The predicted octanol–water partition coefficient (Wildman–Crippen LogP) is 1.78. The monoisotopic (exact) mass is 502 g/mol. The van der Waals surface area contributed by atoms with Crippen molar-refractivity contribution in [3.05, 3.63) is 29.3 Å². The molecule has 0 aromatic heterocycles. The Bertz CT molecular complexity index is 1100. The maximum absolute atomic E-state index is 13.0. The van der Waals surface area contributed by atoms with Gasteiger partial charge in [0.05, 0.1) is 23.3 Å². The number of ether oxygens (including phenoxy) is 1. The zero-order valence-corrected chi connectivity index (χ0v) is 19.3. The zero-order chi connectivity index (χ0) is 25.1. The average molecular weight is 503 g/mol. The molecule has 0 radical (unpaired) electrons. The second kappa shape index (κ2) is 9.79. The summed E-state index contributed by atoms with van der Waals surface area (Å²) >= 11 is 0. The molecule has 2 aliphatic rings. The number of carbonyl (C=O) groups is 2. The lowest BCUT2D eigenvalue weighted by molar-refractivity contribution is -0.274. The van der Waals surface area contributed by atoms with Gasteiger partial charge in [0, 0.05) is 25.2 Å². The van der Waals surface area contributed by atoms with Crippen LogP contribution in [0.5, 0.6) is 5.75 Å². The number of benzene rings is 1. The van der Waals surface area contributed by atoms with E-state index in [2.05, 4.69) is 14.8 Å². The standard InChI is InChI=1S/C21H25F3N4O5S/c1-2-34(31,32)27-20(7-8-20)19(30)28-9-3-4-16(13-28)18(29)26-12-15-6-5-14(11-25)10-17(15)33-21(22,23)24/h5-6,10,16,27H,2-4,7-9,12-13H2,1H3,(H,26,29). The van der Waals surface area contributed by atoms with Gasteiger partial charge in [-0.3, -0.25) is 9.59 Å². The van der Waals surface area contributed by atoms with E-state index in [1.54, 1.807) is 6.07 Å². The van der Waals surface area contributed by atoms with Gasteiger partial charge in [0.15, 0.2) is 0 Å². The van der Waals surface area contributed by atoms with Crippen molar-refractivity contribution in [2.75, 3.05) is 18.8 Å². The van der Waals surface area contributed by atoms with E-state index < -0.39 is 39.5 Å². The van der Waals surface area contributed by atoms with Crippen LogP contribution in [0.1, 0.15) is 43.7 Å². The topological polar surface area (TPSA) is 129 Å². The van der Waals surface area contributed by atoms with Gasteiger partial charge in [-0.15, -0.1) is 13.2 Å². The summed E-state index contributed by atoms with van der Waals surface area (Å²) in [5.74, 6) is -2.13. The number of rotatable bonds is 8. The molecule has 13 heteroatoms. The lowest BCUT2D eigenvalue weighted by atomic mass is 9.96. The van der Waals surface area contributed by atoms with Gasteiger partial charge < -0.3 is 15.0 Å². The summed E-state index contributed by atoms with van der Waals surface area (Å²) in [4.78, 5) is 27.2. The SMILES string of the molecule is CCS(=O)(=O)NC1(C(=O)N2CCCC(C(=O)NCc3ccc(C#N)cc3OC(F)(F)F)C2)CC1. The minimum Gasteiger partial charge on any atom is -0.405 e. The highest BCUT2D eigenvalue weighted by Gasteiger charge is 2.54. The summed E-state index contributed by atoms with van der Waals surface area (Å²) in [5, 5.41) is 11.5. The Morgan fingerprint density at radius 2 is 2.03 bits per heavy atom. The van der Waals surface area contributed by atoms with Crippen molar-refractivity contribution in [2.24, 2.45) is 5.92 Å². The molecule has 1 aliphatic carbocycles. The average Bonchev–Trinajstić information content (AvgIpc) is 3.56. The number of nitriles is 1. The third-order valence-electron chi connectivity index (χ3n) is 5.84. The van der Waals surface area contributed by atoms with Gasteiger partial charge >= 0.3 is 6.36 Å². The first-order chi connectivity index (χ1) is 15.9. The van der Waals surface area contributed by atoms with Crippen molar-refractivity contribution in [2.45, 2.75) is 51.1 Å². The number of likely N-dealkylation sites (tertiary alicyclic amines) is 1. The lowest BCUT2D eigenvalue weighted by Gasteiger charge is -2.34. The highest BCUT2D eigenvalue weighted by Crippen LogP contribution is 2.39. The Labute approximate surface area is 195 Å². The molecule has 2 N–H and O–H groups in total. The number of hydrogen-bond acceptors (Lipinski definition) is 6. The van der Waals surface area contributed by atoms with E-state index in [1.807, 2.05) is 0 Å². The van der Waals surface area contributed by atoms with Gasteiger partial charge in [0.2, 0.25) is 21.8 Å². The Balaban J connectivity index is 1.63. The minimum absolute atomic E-state index is 0.0246. The number of carbonyl (C=O) groups excluding carboxylic acids is 2. The van der Waals surface area contributed by atoms with Crippen LogP contribution < -0.4 is 14.8 Å². The van der Waals surface area contributed by atoms with E-state index in [-0.39, 0.29) is 35.9 Å². The van der Waals surface area contributed by atoms with Crippen LogP contribution in [0.4, 0.5) is 13.2 Å². The summed E-state index contributed by atoms with van der Waals surface area (Å²) in [7, 11) is -3.58. The van der Waals surface area contributed by atoms with Gasteiger partial charge in [-0.1, -0.05) is 6.07 Å².